The molecule has 1 heterocycles. The molecule has 0 spiro atoms. The molecular weight excluding hydrogens is 264 g/mol. The summed E-state index contributed by atoms with van der Waals surface area (Å²) in [6.07, 6.45) is 6.80. The number of hydrogen-bond acceptors (Lipinski definition) is 4. The Morgan fingerprint density at radius 3 is 3.00 bits per heavy atom. The lowest BCUT2D eigenvalue weighted by molar-refractivity contribution is 0.0695. The van der Waals surface area contributed by atoms with Gasteiger partial charge in [-0.05, 0) is 18.8 Å². The van der Waals surface area contributed by atoms with Crippen molar-refractivity contribution in [2.75, 3.05) is 0 Å². The van der Waals surface area contributed by atoms with Crippen molar-refractivity contribution >= 4 is 16.8 Å². The molecule has 104 valence electrons. The average Bonchev–Trinajstić information content (AvgIpc) is 2.39. The highest BCUT2D eigenvalue weighted by Gasteiger charge is 2.25. The van der Waals surface area contributed by atoms with Crippen LogP contribution in [0.2, 0.25) is 0 Å². The van der Waals surface area contributed by atoms with Crippen molar-refractivity contribution in [2.45, 2.75) is 43.6 Å². The van der Waals surface area contributed by atoms with Crippen LogP contribution in [0.1, 0.15) is 48.7 Å². The highest BCUT2D eigenvalue weighted by atomic mass is 32.2. The molecule has 1 fully saturated rings. The zero-order valence-electron chi connectivity index (χ0n) is 10.9. The highest BCUT2D eigenvalue weighted by Crippen LogP contribution is 2.28. The maximum absolute atomic E-state index is 12.3. The number of carboxylic acids is 1. The lowest BCUT2D eigenvalue weighted by Gasteiger charge is -2.26. The summed E-state index contributed by atoms with van der Waals surface area (Å²) < 4.78 is 12.3. The van der Waals surface area contributed by atoms with Crippen molar-refractivity contribution in [1.82, 2.24) is 9.97 Å². The Labute approximate surface area is 114 Å². The van der Waals surface area contributed by atoms with Gasteiger partial charge in [-0.2, -0.15) is 0 Å². The third kappa shape index (κ3) is 3.59. The summed E-state index contributed by atoms with van der Waals surface area (Å²) >= 11 is 0. The summed E-state index contributed by atoms with van der Waals surface area (Å²) in [5.41, 5.74) is 0.429. The summed E-state index contributed by atoms with van der Waals surface area (Å²) in [6, 6.07) is 0. The van der Waals surface area contributed by atoms with E-state index in [0.717, 1.165) is 19.3 Å². The van der Waals surface area contributed by atoms with Crippen LogP contribution in [0.25, 0.3) is 0 Å². The highest BCUT2D eigenvalue weighted by molar-refractivity contribution is 7.84. The van der Waals surface area contributed by atoms with E-state index in [0.29, 0.717) is 11.6 Å². The Kier molecular flexibility index (Phi) is 4.63. The summed E-state index contributed by atoms with van der Waals surface area (Å²) in [5, 5.41) is 9.22. The summed E-state index contributed by atoms with van der Waals surface area (Å²) in [4.78, 5) is 18.7. The second-order valence-corrected chi connectivity index (χ2v) is 6.82. The Balaban J connectivity index is 2.08. The minimum Gasteiger partial charge on any atom is -0.478 e. The van der Waals surface area contributed by atoms with Crippen molar-refractivity contribution in [2.24, 2.45) is 5.92 Å². The first-order valence-corrected chi connectivity index (χ1v) is 7.85. The van der Waals surface area contributed by atoms with Gasteiger partial charge in [0.1, 0.15) is 11.9 Å². The molecule has 19 heavy (non-hydrogen) atoms. The first-order chi connectivity index (χ1) is 9.08. The Bertz CT molecular complexity index is 493. The molecule has 0 amide bonds. The number of rotatable bonds is 4. The van der Waals surface area contributed by atoms with Crippen molar-refractivity contribution < 1.29 is 14.1 Å². The van der Waals surface area contributed by atoms with Crippen molar-refractivity contribution in [1.29, 1.82) is 0 Å². The molecule has 1 saturated carbocycles. The fraction of sp³-hybridized carbons (Fsp3) is 0.615. The van der Waals surface area contributed by atoms with E-state index in [1.165, 1.54) is 18.9 Å². The number of carbonyl (C=O) groups is 1. The smallest absolute Gasteiger partial charge is 0.339 e. The van der Waals surface area contributed by atoms with Crippen LogP contribution < -0.4 is 0 Å². The minimum absolute atomic E-state index is 0.0553. The van der Waals surface area contributed by atoms with Gasteiger partial charge in [0, 0.05) is 22.2 Å². The summed E-state index contributed by atoms with van der Waals surface area (Å²) in [7, 11) is -1.06. The molecular formula is C13H18N2O3S. The summed E-state index contributed by atoms with van der Waals surface area (Å²) in [6.45, 7) is 2.18. The van der Waals surface area contributed by atoms with E-state index in [-0.39, 0.29) is 16.6 Å². The number of nitrogens with zero attached hydrogens (tertiary/aromatic N) is 2. The quantitative estimate of drug-likeness (QED) is 0.913. The third-order valence-electron chi connectivity index (χ3n) is 3.56. The van der Waals surface area contributed by atoms with E-state index in [1.54, 1.807) is 0 Å². The van der Waals surface area contributed by atoms with Crippen LogP contribution in [0.5, 0.6) is 0 Å². The van der Waals surface area contributed by atoms with E-state index in [2.05, 4.69) is 16.9 Å². The van der Waals surface area contributed by atoms with Crippen LogP contribution >= 0.6 is 0 Å². The van der Waals surface area contributed by atoms with Gasteiger partial charge in [0.25, 0.3) is 0 Å². The monoisotopic (exact) mass is 282 g/mol. The molecule has 0 aromatic carbocycles. The zero-order valence-corrected chi connectivity index (χ0v) is 11.7. The zero-order chi connectivity index (χ0) is 13.8. The fourth-order valence-corrected chi connectivity index (χ4v) is 4.23. The number of aromatic carboxylic acids is 1. The molecule has 0 aliphatic heterocycles. The van der Waals surface area contributed by atoms with Gasteiger partial charge in [-0.25, -0.2) is 14.8 Å². The van der Waals surface area contributed by atoms with Crippen LogP contribution in [0, 0.1) is 5.92 Å². The normalized spacial score (nSPS) is 24.9. The molecule has 1 N–H and O–H groups in total. The SMILES string of the molecule is CC1CCCC(S(=O)Cc2ncncc2C(=O)O)C1. The molecule has 0 radical (unpaired) electrons. The molecule has 2 rings (SSSR count). The van der Waals surface area contributed by atoms with E-state index >= 15 is 0 Å². The van der Waals surface area contributed by atoms with Crippen LogP contribution in [0.3, 0.4) is 0 Å². The van der Waals surface area contributed by atoms with E-state index in [9.17, 15) is 9.00 Å². The van der Waals surface area contributed by atoms with Gasteiger partial charge in [-0.3, -0.25) is 4.21 Å². The van der Waals surface area contributed by atoms with E-state index < -0.39 is 16.8 Å². The first kappa shape index (κ1) is 14.1. The Hall–Kier alpha value is -1.30. The molecule has 1 aromatic rings. The standard InChI is InChI=1S/C13H18N2O3S/c1-9-3-2-4-10(5-9)19(18)7-12-11(13(16)17)6-14-8-15-12/h6,8-10H,2-5,7H2,1H3,(H,16,17). The molecule has 0 saturated heterocycles. The maximum atomic E-state index is 12.3. The number of hydrogen-bond donors (Lipinski definition) is 1. The topological polar surface area (TPSA) is 80.2 Å². The first-order valence-electron chi connectivity index (χ1n) is 6.47. The molecule has 1 aliphatic rings. The average molecular weight is 282 g/mol. The number of carboxylic acid groups (broad SMARTS) is 1. The second-order valence-electron chi connectivity index (χ2n) is 5.11. The lowest BCUT2D eigenvalue weighted by Crippen LogP contribution is -2.24. The van der Waals surface area contributed by atoms with Crippen LogP contribution in [-0.4, -0.2) is 30.5 Å². The predicted octanol–water partition coefficient (Wildman–Crippen LogP) is 2.00. The molecule has 6 heteroatoms. The van der Waals surface area contributed by atoms with Crippen LogP contribution in [-0.2, 0) is 16.6 Å². The second kappa shape index (κ2) is 6.23. The predicted molar refractivity (Wildman–Crippen MR) is 72.3 cm³/mol. The maximum Gasteiger partial charge on any atom is 0.339 e. The molecule has 1 aliphatic carbocycles. The fourth-order valence-electron chi connectivity index (χ4n) is 2.52. The van der Waals surface area contributed by atoms with E-state index in [4.69, 9.17) is 5.11 Å². The third-order valence-corrected chi connectivity index (χ3v) is 5.29. The molecule has 0 bridgehead atoms. The molecule has 3 unspecified atom stereocenters. The lowest BCUT2D eigenvalue weighted by atomic mass is 9.91. The molecule has 3 atom stereocenters. The van der Waals surface area contributed by atoms with Gasteiger partial charge in [-0.1, -0.05) is 19.8 Å². The van der Waals surface area contributed by atoms with Gasteiger partial charge in [-0.15, -0.1) is 0 Å². The van der Waals surface area contributed by atoms with Crippen molar-refractivity contribution in [3.63, 3.8) is 0 Å². The van der Waals surface area contributed by atoms with Crippen molar-refractivity contribution in [3.05, 3.63) is 23.8 Å². The van der Waals surface area contributed by atoms with Gasteiger partial charge in [0.15, 0.2) is 0 Å². The van der Waals surface area contributed by atoms with Gasteiger partial charge < -0.3 is 5.11 Å². The van der Waals surface area contributed by atoms with Gasteiger partial charge >= 0.3 is 5.97 Å². The van der Waals surface area contributed by atoms with Crippen LogP contribution in [0.4, 0.5) is 0 Å². The molecule has 1 aromatic heterocycles. The largest absolute Gasteiger partial charge is 0.478 e. The van der Waals surface area contributed by atoms with Gasteiger partial charge in [0.05, 0.1) is 11.4 Å². The van der Waals surface area contributed by atoms with E-state index in [1.807, 2.05) is 0 Å². The number of aromatic nitrogens is 2. The Morgan fingerprint density at radius 2 is 2.32 bits per heavy atom. The van der Waals surface area contributed by atoms with Gasteiger partial charge in [0.2, 0.25) is 0 Å². The summed E-state index contributed by atoms with van der Waals surface area (Å²) in [5.74, 6) is -0.252. The minimum atomic E-state index is -1.07. The Morgan fingerprint density at radius 1 is 1.53 bits per heavy atom. The molecule has 5 nitrogen and oxygen atoms in total. The van der Waals surface area contributed by atoms with Crippen LogP contribution in [0.15, 0.2) is 12.5 Å². The van der Waals surface area contributed by atoms with Crippen molar-refractivity contribution in [3.8, 4) is 0 Å².